The second-order valence-corrected chi connectivity index (χ2v) is 3.56. The lowest BCUT2D eigenvalue weighted by atomic mass is 10.2. The number of hydrogen-bond acceptors (Lipinski definition) is 4. The van der Waals surface area contributed by atoms with Crippen molar-refractivity contribution >= 4 is 23.7 Å². The van der Waals surface area contributed by atoms with Gasteiger partial charge < -0.3 is 20.5 Å². The molecular weight excluding hydrogens is 252 g/mol. The van der Waals surface area contributed by atoms with Gasteiger partial charge >= 0.3 is 18.0 Å². The lowest BCUT2D eigenvalue weighted by Crippen LogP contribution is -2.31. The molecule has 0 fully saturated rings. The van der Waals surface area contributed by atoms with E-state index >= 15 is 0 Å². The number of anilines is 1. The fourth-order valence-electron chi connectivity index (χ4n) is 1.33. The Hall–Kier alpha value is -2.57. The van der Waals surface area contributed by atoms with Gasteiger partial charge in [-0.1, -0.05) is 12.1 Å². The molecule has 2 amide bonds. The van der Waals surface area contributed by atoms with Gasteiger partial charge in [-0.2, -0.15) is 0 Å². The number of amides is 2. The number of hydrogen-bond donors (Lipinski definition) is 3. The van der Waals surface area contributed by atoms with E-state index in [1.54, 1.807) is 12.1 Å². The number of carbonyl (C=O) groups excluding carboxylic acids is 2. The average molecular weight is 266 g/mol. The van der Waals surface area contributed by atoms with Crippen LogP contribution in [0.4, 0.5) is 10.5 Å². The Morgan fingerprint density at radius 2 is 1.95 bits per heavy atom. The molecule has 3 N–H and O–H groups in total. The van der Waals surface area contributed by atoms with Gasteiger partial charge in [0, 0.05) is 6.54 Å². The van der Waals surface area contributed by atoms with Crippen molar-refractivity contribution in [3.63, 3.8) is 0 Å². The summed E-state index contributed by atoms with van der Waals surface area (Å²) in [6.07, 6.45) is 0.0461. The van der Waals surface area contributed by atoms with E-state index in [1.165, 1.54) is 19.2 Å². The van der Waals surface area contributed by atoms with Gasteiger partial charge in [0.25, 0.3) is 0 Å². The van der Waals surface area contributed by atoms with Crippen molar-refractivity contribution in [2.45, 2.75) is 6.42 Å². The fraction of sp³-hybridized carbons (Fsp3) is 0.250. The Labute approximate surface area is 109 Å². The molecule has 0 aromatic heterocycles. The number of nitrogens with one attached hydrogen (secondary N) is 2. The molecule has 102 valence electrons. The van der Waals surface area contributed by atoms with Crippen LogP contribution in [0.1, 0.15) is 16.8 Å². The molecule has 0 atom stereocenters. The van der Waals surface area contributed by atoms with E-state index in [1.807, 2.05) is 0 Å². The molecule has 0 spiro atoms. The van der Waals surface area contributed by atoms with Crippen molar-refractivity contribution in [2.24, 2.45) is 0 Å². The minimum Gasteiger partial charge on any atom is -0.478 e. The number of ether oxygens (including phenoxy) is 1. The number of methoxy groups -OCH3 is 1. The third-order valence-corrected chi connectivity index (χ3v) is 2.25. The highest BCUT2D eigenvalue weighted by Crippen LogP contribution is 2.14. The zero-order valence-corrected chi connectivity index (χ0v) is 10.3. The quantitative estimate of drug-likeness (QED) is 0.691. The Morgan fingerprint density at radius 3 is 2.58 bits per heavy atom. The maximum absolute atomic E-state index is 11.5. The van der Waals surface area contributed by atoms with Gasteiger partial charge in [0.15, 0.2) is 0 Å². The number of carbonyl (C=O) groups is 3. The summed E-state index contributed by atoms with van der Waals surface area (Å²) in [5.74, 6) is -1.57. The van der Waals surface area contributed by atoms with Crippen molar-refractivity contribution in [3.8, 4) is 0 Å². The van der Waals surface area contributed by atoms with E-state index in [0.29, 0.717) is 0 Å². The summed E-state index contributed by atoms with van der Waals surface area (Å²) in [6, 6.07) is 5.44. The minimum atomic E-state index is -1.13. The number of esters is 1. The van der Waals surface area contributed by atoms with Gasteiger partial charge in [-0.05, 0) is 12.1 Å². The standard InChI is InChI=1S/C12H14N2O5/c1-19-10(15)6-7-13-12(18)14-9-5-3-2-4-8(9)11(16)17/h2-5H,6-7H2,1H3,(H,16,17)(H2,13,14,18). The second-order valence-electron chi connectivity index (χ2n) is 3.56. The summed E-state index contributed by atoms with van der Waals surface area (Å²) in [4.78, 5) is 33.2. The zero-order valence-electron chi connectivity index (χ0n) is 10.3. The molecule has 0 saturated carbocycles. The first-order chi connectivity index (χ1) is 9.04. The van der Waals surface area contributed by atoms with Crippen LogP contribution in [0.15, 0.2) is 24.3 Å². The highest BCUT2D eigenvalue weighted by atomic mass is 16.5. The van der Waals surface area contributed by atoms with Crippen LogP contribution in [0.5, 0.6) is 0 Å². The highest BCUT2D eigenvalue weighted by molar-refractivity contribution is 5.99. The van der Waals surface area contributed by atoms with E-state index in [0.717, 1.165) is 0 Å². The number of aromatic carboxylic acids is 1. The molecule has 0 bridgehead atoms. The number of rotatable bonds is 5. The number of carboxylic acids is 1. The zero-order chi connectivity index (χ0) is 14.3. The molecule has 0 saturated heterocycles. The first-order valence-corrected chi connectivity index (χ1v) is 5.48. The summed E-state index contributed by atoms with van der Waals surface area (Å²) in [7, 11) is 1.26. The molecule has 19 heavy (non-hydrogen) atoms. The van der Waals surface area contributed by atoms with Crippen LogP contribution in [0.3, 0.4) is 0 Å². The first-order valence-electron chi connectivity index (χ1n) is 5.48. The van der Waals surface area contributed by atoms with Gasteiger partial charge in [-0.25, -0.2) is 9.59 Å². The lowest BCUT2D eigenvalue weighted by Gasteiger charge is -2.09. The largest absolute Gasteiger partial charge is 0.478 e. The molecule has 0 aliphatic carbocycles. The van der Waals surface area contributed by atoms with Crippen LogP contribution in [-0.4, -0.2) is 36.7 Å². The maximum Gasteiger partial charge on any atom is 0.337 e. The smallest absolute Gasteiger partial charge is 0.337 e. The van der Waals surface area contributed by atoms with Crippen molar-refractivity contribution in [1.29, 1.82) is 0 Å². The Balaban J connectivity index is 2.53. The summed E-state index contributed by atoms with van der Waals surface area (Å²) >= 11 is 0. The molecular formula is C12H14N2O5. The Kier molecular flexibility index (Phi) is 5.34. The SMILES string of the molecule is COC(=O)CCNC(=O)Nc1ccccc1C(=O)O. The molecule has 0 aliphatic rings. The first kappa shape index (κ1) is 14.5. The molecule has 1 aromatic rings. The Bertz CT molecular complexity index is 487. The summed E-state index contributed by atoms with van der Waals surface area (Å²) in [5.41, 5.74) is 0.177. The van der Waals surface area contributed by atoms with E-state index in [4.69, 9.17) is 5.11 Å². The second kappa shape index (κ2) is 7.00. The van der Waals surface area contributed by atoms with Crippen LogP contribution in [0.25, 0.3) is 0 Å². The van der Waals surface area contributed by atoms with Gasteiger partial charge in [0.05, 0.1) is 24.8 Å². The highest BCUT2D eigenvalue weighted by Gasteiger charge is 2.11. The number of carboxylic acid groups (broad SMARTS) is 1. The van der Waals surface area contributed by atoms with Crippen LogP contribution < -0.4 is 10.6 Å². The van der Waals surface area contributed by atoms with Crippen LogP contribution in [0, 0.1) is 0 Å². The fourth-order valence-corrected chi connectivity index (χ4v) is 1.33. The topological polar surface area (TPSA) is 105 Å². The predicted molar refractivity (Wildman–Crippen MR) is 67.1 cm³/mol. The molecule has 0 heterocycles. The lowest BCUT2D eigenvalue weighted by molar-refractivity contribution is -0.140. The van der Waals surface area contributed by atoms with Gasteiger partial charge in [0.1, 0.15) is 0 Å². The Morgan fingerprint density at radius 1 is 1.26 bits per heavy atom. The summed E-state index contributed by atoms with van der Waals surface area (Å²) in [6.45, 7) is 0.105. The van der Waals surface area contributed by atoms with Gasteiger partial charge in [0.2, 0.25) is 0 Å². The van der Waals surface area contributed by atoms with E-state index < -0.39 is 18.0 Å². The third kappa shape index (κ3) is 4.66. The van der Waals surface area contributed by atoms with Crippen molar-refractivity contribution in [2.75, 3.05) is 19.0 Å². The van der Waals surface area contributed by atoms with E-state index in [2.05, 4.69) is 15.4 Å². The van der Waals surface area contributed by atoms with E-state index in [9.17, 15) is 14.4 Å². The molecule has 0 unspecified atom stereocenters. The average Bonchev–Trinajstić information content (AvgIpc) is 2.38. The number of para-hydroxylation sites is 1. The summed E-state index contributed by atoms with van der Waals surface area (Å²) < 4.78 is 4.41. The third-order valence-electron chi connectivity index (χ3n) is 2.25. The number of urea groups is 1. The molecule has 0 aliphatic heterocycles. The van der Waals surface area contributed by atoms with Crippen molar-refractivity contribution < 1.29 is 24.2 Å². The van der Waals surface area contributed by atoms with E-state index in [-0.39, 0.29) is 24.2 Å². The molecule has 7 nitrogen and oxygen atoms in total. The predicted octanol–water partition coefficient (Wildman–Crippen LogP) is 1.07. The van der Waals surface area contributed by atoms with Gasteiger partial charge in [-0.15, -0.1) is 0 Å². The van der Waals surface area contributed by atoms with Crippen molar-refractivity contribution in [3.05, 3.63) is 29.8 Å². The molecule has 7 heteroatoms. The van der Waals surface area contributed by atoms with Crippen LogP contribution >= 0.6 is 0 Å². The minimum absolute atomic E-state index is 0.00869. The van der Waals surface area contributed by atoms with Crippen LogP contribution in [-0.2, 0) is 9.53 Å². The molecule has 0 radical (unpaired) electrons. The summed E-state index contributed by atoms with van der Waals surface area (Å²) in [5, 5.41) is 13.7. The number of benzene rings is 1. The van der Waals surface area contributed by atoms with Gasteiger partial charge in [-0.3, -0.25) is 4.79 Å². The molecule has 1 rings (SSSR count). The van der Waals surface area contributed by atoms with Crippen molar-refractivity contribution in [1.82, 2.24) is 5.32 Å². The monoisotopic (exact) mass is 266 g/mol. The molecule has 1 aromatic carbocycles. The van der Waals surface area contributed by atoms with Crippen LogP contribution in [0.2, 0.25) is 0 Å². The maximum atomic E-state index is 11.5. The normalized spacial score (nSPS) is 9.53.